The topological polar surface area (TPSA) is 55.0 Å². The highest BCUT2D eigenvalue weighted by Gasteiger charge is 2.29. The predicted octanol–water partition coefficient (Wildman–Crippen LogP) is 2.95. The molecule has 0 aliphatic heterocycles. The van der Waals surface area contributed by atoms with Crippen LogP contribution in [-0.4, -0.2) is 23.1 Å². The van der Waals surface area contributed by atoms with Gasteiger partial charge in [-0.3, -0.25) is 0 Å². The highest BCUT2D eigenvalue weighted by Crippen LogP contribution is 2.39. The minimum atomic E-state index is 0.556. The fourth-order valence-corrected chi connectivity index (χ4v) is 3.12. The van der Waals surface area contributed by atoms with Crippen molar-refractivity contribution in [1.29, 1.82) is 0 Å². The van der Waals surface area contributed by atoms with Gasteiger partial charge in [0.2, 0.25) is 0 Å². The summed E-state index contributed by atoms with van der Waals surface area (Å²) < 4.78 is 0. The van der Waals surface area contributed by atoms with Gasteiger partial charge in [-0.25, -0.2) is 9.97 Å². The lowest BCUT2D eigenvalue weighted by molar-refractivity contribution is 0.335. The second kappa shape index (κ2) is 4.99. The molecule has 0 saturated heterocycles. The van der Waals surface area contributed by atoms with Gasteiger partial charge in [-0.15, -0.1) is 0 Å². The molecule has 1 heterocycles. The van der Waals surface area contributed by atoms with Crippen molar-refractivity contribution in [2.45, 2.75) is 57.4 Å². The molecule has 0 bridgehead atoms. The van der Waals surface area contributed by atoms with Crippen molar-refractivity contribution in [3.05, 3.63) is 11.9 Å². The molecule has 1 aromatic heterocycles. The highest BCUT2D eigenvalue weighted by molar-refractivity contribution is 5.48. The predicted molar refractivity (Wildman–Crippen MR) is 78.2 cm³/mol. The summed E-state index contributed by atoms with van der Waals surface area (Å²) in [5, 5.41) is 0. The quantitative estimate of drug-likeness (QED) is 0.907. The number of aromatic nitrogens is 2. The Hall–Kier alpha value is -1.32. The molecule has 19 heavy (non-hydrogen) atoms. The second-order valence-electron chi connectivity index (χ2n) is 6.32. The van der Waals surface area contributed by atoms with Crippen LogP contribution in [0.2, 0.25) is 0 Å². The van der Waals surface area contributed by atoms with E-state index in [-0.39, 0.29) is 0 Å². The Morgan fingerprint density at radius 2 is 2.00 bits per heavy atom. The molecule has 4 nitrogen and oxygen atoms in total. The summed E-state index contributed by atoms with van der Waals surface area (Å²) >= 11 is 0. The van der Waals surface area contributed by atoms with Crippen molar-refractivity contribution in [3.8, 4) is 0 Å². The maximum absolute atomic E-state index is 5.94. The number of nitrogens with zero attached hydrogens (tertiary/aromatic N) is 3. The van der Waals surface area contributed by atoms with E-state index in [2.05, 4.69) is 23.9 Å². The lowest BCUT2D eigenvalue weighted by Gasteiger charge is -2.35. The van der Waals surface area contributed by atoms with E-state index in [4.69, 9.17) is 10.7 Å². The van der Waals surface area contributed by atoms with Gasteiger partial charge in [0, 0.05) is 25.1 Å². The number of hydrogen-bond acceptors (Lipinski definition) is 4. The molecule has 104 valence electrons. The molecule has 0 aromatic carbocycles. The summed E-state index contributed by atoms with van der Waals surface area (Å²) in [4.78, 5) is 11.4. The number of hydrogen-bond donors (Lipinski definition) is 1. The van der Waals surface area contributed by atoms with E-state index >= 15 is 0 Å². The summed E-state index contributed by atoms with van der Waals surface area (Å²) in [5.41, 5.74) is 5.94. The summed E-state index contributed by atoms with van der Waals surface area (Å²) in [7, 11) is 2.15. The van der Waals surface area contributed by atoms with Gasteiger partial charge in [0.05, 0.1) is 0 Å². The van der Waals surface area contributed by atoms with Gasteiger partial charge >= 0.3 is 0 Å². The molecule has 2 N–H and O–H groups in total. The Morgan fingerprint density at radius 1 is 1.21 bits per heavy atom. The summed E-state index contributed by atoms with van der Waals surface area (Å²) in [6.07, 6.45) is 7.65. The van der Waals surface area contributed by atoms with Crippen molar-refractivity contribution < 1.29 is 0 Å². The molecule has 3 rings (SSSR count). The molecule has 0 radical (unpaired) electrons. The third kappa shape index (κ3) is 2.82. The number of rotatable bonds is 3. The fourth-order valence-electron chi connectivity index (χ4n) is 3.12. The van der Waals surface area contributed by atoms with Crippen molar-refractivity contribution in [3.63, 3.8) is 0 Å². The zero-order valence-electron chi connectivity index (χ0n) is 12.0. The first-order valence-corrected chi connectivity index (χ1v) is 7.50. The van der Waals surface area contributed by atoms with Crippen LogP contribution < -0.4 is 10.6 Å². The molecule has 2 unspecified atom stereocenters. The molecule has 2 saturated carbocycles. The van der Waals surface area contributed by atoms with Crippen LogP contribution in [0.25, 0.3) is 0 Å². The molecule has 2 atom stereocenters. The average Bonchev–Trinajstić information content (AvgIpc) is 3.21. The van der Waals surface area contributed by atoms with Crippen LogP contribution in [0.5, 0.6) is 0 Å². The SMILES string of the molecule is CC1CCCC(N(C)c2cc(N)nc(C3CC3)n2)C1. The Morgan fingerprint density at radius 3 is 2.68 bits per heavy atom. The molecule has 2 fully saturated rings. The Bertz CT molecular complexity index is 455. The zero-order chi connectivity index (χ0) is 13.4. The smallest absolute Gasteiger partial charge is 0.136 e. The van der Waals surface area contributed by atoms with Crippen LogP contribution in [0.15, 0.2) is 6.07 Å². The fraction of sp³-hybridized carbons (Fsp3) is 0.733. The standard InChI is InChI=1S/C15H24N4/c1-10-4-3-5-12(8-10)19(2)14-9-13(16)17-15(18-14)11-6-7-11/h9-12H,3-8H2,1-2H3,(H2,16,17,18). The van der Waals surface area contributed by atoms with E-state index < -0.39 is 0 Å². The number of anilines is 2. The van der Waals surface area contributed by atoms with E-state index in [9.17, 15) is 0 Å². The van der Waals surface area contributed by atoms with Crippen LogP contribution in [0.4, 0.5) is 11.6 Å². The summed E-state index contributed by atoms with van der Waals surface area (Å²) in [5.74, 6) is 3.95. The maximum atomic E-state index is 5.94. The van der Waals surface area contributed by atoms with Crippen LogP contribution in [0, 0.1) is 5.92 Å². The van der Waals surface area contributed by atoms with Gasteiger partial charge in [0.1, 0.15) is 17.5 Å². The van der Waals surface area contributed by atoms with Crippen LogP contribution in [0.1, 0.15) is 57.2 Å². The first kappa shape index (κ1) is 12.7. The number of nitrogen functional groups attached to an aromatic ring is 1. The molecule has 2 aliphatic carbocycles. The van der Waals surface area contributed by atoms with E-state index in [0.29, 0.717) is 17.8 Å². The van der Waals surface area contributed by atoms with E-state index in [1.807, 2.05) is 6.07 Å². The van der Waals surface area contributed by atoms with Gasteiger partial charge in [0.15, 0.2) is 0 Å². The van der Waals surface area contributed by atoms with E-state index in [1.54, 1.807) is 0 Å². The third-order valence-electron chi connectivity index (χ3n) is 4.51. The molecule has 0 amide bonds. The van der Waals surface area contributed by atoms with E-state index in [1.165, 1.54) is 38.5 Å². The summed E-state index contributed by atoms with van der Waals surface area (Å²) in [6, 6.07) is 2.52. The lowest BCUT2D eigenvalue weighted by atomic mass is 9.86. The van der Waals surface area contributed by atoms with Gasteiger partial charge in [-0.05, 0) is 31.6 Å². The zero-order valence-corrected chi connectivity index (χ0v) is 12.0. The molecule has 2 aliphatic rings. The van der Waals surface area contributed by atoms with Crippen LogP contribution >= 0.6 is 0 Å². The summed E-state index contributed by atoms with van der Waals surface area (Å²) in [6.45, 7) is 2.35. The first-order valence-electron chi connectivity index (χ1n) is 7.50. The Kier molecular flexibility index (Phi) is 3.33. The monoisotopic (exact) mass is 260 g/mol. The average molecular weight is 260 g/mol. The van der Waals surface area contributed by atoms with Gasteiger partial charge in [-0.2, -0.15) is 0 Å². The highest BCUT2D eigenvalue weighted by atomic mass is 15.2. The molecular weight excluding hydrogens is 236 g/mol. The minimum absolute atomic E-state index is 0.556. The van der Waals surface area contributed by atoms with Crippen LogP contribution in [0.3, 0.4) is 0 Å². The molecule has 1 aromatic rings. The van der Waals surface area contributed by atoms with Crippen molar-refractivity contribution in [1.82, 2.24) is 9.97 Å². The van der Waals surface area contributed by atoms with Crippen molar-refractivity contribution in [2.75, 3.05) is 17.7 Å². The maximum Gasteiger partial charge on any atom is 0.136 e. The molecular formula is C15H24N4. The van der Waals surface area contributed by atoms with Crippen molar-refractivity contribution in [2.24, 2.45) is 5.92 Å². The van der Waals surface area contributed by atoms with Gasteiger partial charge in [0.25, 0.3) is 0 Å². The normalized spacial score (nSPS) is 27.3. The Labute approximate surface area is 115 Å². The van der Waals surface area contributed by atoms with Gasteiger partial charge in [-0.1, -0.05) is 19.8 Å². The second-order valence-corrected chi connectivity index (χ2v) is 6.32. The first-order chi connectivity index (χ1) is 9.13. The third-order valence-corrected chi connectivity index (χ3v) is 4.51. The largest absolute Gasteiger partial charge is 0.384 e. The molecule has 4 heteroatoms. The minimum Gasteiger partial charge on any atom is -0.384 e. The Balaban J connectivity index is 1.80. The van der Waals surface area contributed by atoms with Crippen LogP contribution in [-0.2, 0) is 0 Å². The number of nitrogens with two attached hydrogens (primary N) is 1. The van der Waals surface area contributed by atoms with Gasteiger partial charge < -0.3 is 10.6 Å². The van der Waals surface area contributed by atoms with Crippen molar-refractivity contribution >= 4 is 11.6 Å². The van der Waals surface area contributed by atoms with E-state index in [0.717, 1.165) is 17.6 Å². The lowest BCUT2D eigenvalue weighted by Crippen LogP contribution is -2.36. The molecule has 0 spiro atoms.